The van der Waals surface area contributed by atoms with E-state index in [0.717, 1.165) is 11.3 Å². The van der Waals surface area contributed by atoms with Gasteiger partial charge >= 0.3 is 11.9 Å². The fourth-order valence-electron chi connectivity index (χ4n) is 4.59. The lowest BCUT2D eigenvalue weighted by molar-refractivity contribution is -0.150. The fourth-order valence-corrected chi connectivity index (χ4v) is 4.59. The highest BCUT2D eigenvalue weighted by Gasteiger charge is 2.79. The zero-order valence-electron chi connectivity index (χ0n) is 16.6. The number of benzene rings is 2. The molecule has 6 nitrogen and oxygen atoms in total. The van der Waals surface area contributed by atoms with Crippen LogP contribution >= 0.6 is 0 Å². The van der Waals surface area contributed by atoms with Gasteiger partial charge in [-0.25, -0.2) is 5.06 Å². The predicted octanol–water partition coefficient (Wildman–Crippen LogP) is 3.54. The number of nitrogens with zero attached hydrogens (tertiary/aromatic N) is 1. The monoisotopic (exact) mass is 395 g/mol. The lowest BCUT2D eigenvalue weighted by atomic mass is 9.87. The van der Waals surface area contributed by atoms with Crippen molar-refractivity contribution in [1.82, 2.24) is 0 Å². The molecule has 152 valence electrons. The number of rotatable bonds is 6. The number of esters is 2. The third-order valence-electron chi connectivity index (χ3n) is 5.79. The summed E-state index contributed by atoms with van der Waals surface area (Å²) in [7, 11) is 0. The molecule has 0 radical (unpaired) electrons. The van der Waals surface area contributed by atoms with Gasteiger partial charge in [0, 0.05) is 0 Å². The summed E-state index contributed by atoms with van der Waals surface area (Å²) in [4.78, 5) is 31.7. The quantitative estimate of drug-likeness (QED) is 0.697. The molecule has 1 heterocycles. The molecule has 3 atom stereocenters. The average molecular weight is 395 g/mol. The molecule has 1 aliphatic carbocycles. The van der Waals surface area contributed by atoms with Crippen molar-refractivity contribution in [1.29, 1.82) is 0 Å². The first-order valence-corrected chi connectivity index (χ1v) is 10.0. The van der Waals surface area contributed by atoms with E-state index in [4.69, 9.17) is 14.3 Å². The number of hydrogen-bond acceptors (Lipinski definition) is 6. The summed E-state index contributed by atoms with van der Waals surface area (Å²) in [6, 6.07) is 19.2. The lowest BCUT2D eigenvalue weighted by Gasteiger charge is -2.28. The summed E-state index contributed by atoms with van der Waals surface area (Å²) < 4.78 is 10.6. The number of para-hydroxylation sites is 1. The van der Waals surface area contributed by atoms with E-state index in [1.54, 1.807) is 13.8 Å². The Bertz CT molecular complexity index is 845. The van der Waals surface area contributed by atoms with Crippen molar-refractivity contribution in [3.8, 4) is 0 Å². The third-order valence-corrected chi connectivity index (χ3v) is 5.79. The van der Waals surface area contributed by atoms with Crippen LogP contribution in [0.5, 0.6) is 0 Å². The van der Waals surface area contributed by atoms with Crippen LogP contribution in [-0.2, 0) is 23.9 Å². The highest BCUT2D eigenvalue weighted by Crippen LogP contribution is 2.70. The number of hydrogen-bond donors (Lipinski definition) is 0. The van der Waals surface area contributed by atoms with Crippen LogP contribution in [0.15, 0.2) is 60.7 Å². The van der Waals surface area contributed by atoms with Crippen molar-refractivity contribution < 1.29 is 23.9 Å². The summed E-state index contributed by atoms with van der Waals surface area (Å²) in [6.45, 7) is 4.31. The first kappa shape index (κ1) is 19.5. The minimum atomic E-state index is -0.726. The number of carbonyl (C=O) groups is 2. The maximum atomic E-state index is 12.8. The molecule has 0 unspecified atom stereocenters. The van der Waals surface area contributed by atoms with Crippen LogP contribution in [-0.4, -0.2) is 31.8 Å². The zero-order chi connectivity index (χ0) is 20.4. The van der Waals surface area contributed by atoms with E-state index in [2.05, 4.69) is 0 Å². The topological polar surface area (TPSA) is 65.1 Å². The normalized spacial score (nSPS) is 27.7. The van der Waals surface area contributed by atoms with E-state index in [1.165, 1.54) is 0 Å². The Labute approximate surface area is 170 Å². The maximum Gasteiger partial charge on any atom is 0.310 e. The van der Waals surface area contributed by atoms with Crippen LogP contribution in [0.25, 0.3) is 0 Å². The Morgan fingerprint density at radius 1 is 0.931 bits per heavy atom. The lowest BCUT2D eigenvalue weighted by Crippen LogP contribution is -2.28. The second-order valence-electron chi connectivity index (χ2n) is 7.32. The molecule has 0 bridgehead atoms. The number of ether oxygens (including phenoxy) is 2. The molecule has 1 saturated carbocycles. The van der Waals surface area contributed by atoms with Gasteiger partial charge < -0.3 is 9.47 Å². The van der Waals surface area contributed by atoms with Gasteiger partial charge in [-0.1, -0.05) is 48.5 Å². The Morgan fingerprint density at radius 2 is 1.45 bits per heavy atom. The smallest absolute Gasteiger partial charge is 0.310 e. The molecule has 0 N–H and O–H groups in total. The largest absolute Gasteiger partial charge is 0.466 e. The molecule has 2 aromatic carbocycles. The first-order valence-electron chi connectivity index (χ1n) is 10.0. The molecular weight excluding hydrogens is 370 g/mol. The van der Waals surface area contributed by atoms with E-state index in [-0.39, 0.29) is 37.8 Å². The fraction of sp³-hybridized carbons (Fsp3) is 0.391. The van der Waals surface area contributed by atoms with Gasteiger partial charge in [0.15, 0.2) is 0 Å². The van der Waals surface area contributed by atoms with E-state index in [9.17, 15) is 9.59 Å². The van der Waals surface area contributed by atoms with E-state index < -0.39 is 17.3 Å². The van der Waals surface area contributed by atoms with Crippen LogP contribution in [0.4, 0.5) is 5.69 Å². The minimum absolute atomic E-state index is 0.244. The van der Waals surface area contributed by atoms with Crippen LogP contribution in [0.2, 0.25) is 0 Å². The predicted molar refractivity (Wildman–Crippen MR) is 107 cm³/mol. The van der Waals surface area contributed by atoms with Gasteiger partial charge in [-0.05, 0) is 31.5 Å². The Kier molecular flexibility index (Phi) is 5.28. The van der Waals surface area contributed by atoms with Crippen LogP contribution in [0.1, 0.15) is 25.5 Å². The van der Waals surface area contributed by atoms with Crippen molar-refractivity contribution in [2.45, 2.75) is 19.9 Å². The molecule has 6 heteroatoms. The molecule has 2 aliphatic rings. The van der Waals surface area contributed by atoms with Crippen molar-refractivity contribution in [2.24, 2.45) is 17.3 Å². The van der Waals surface area contributed by atoms with Crippen molar-refractivity contribution in [2.75, 3.05) is 24.9 Å². The van der Waals surface area contributed by atoms with Crippen molar-refractivity contribution in [3.63, 3.8) is 0 Å². The van der Waals surface area contributed by atoms with Gasteiger partial charge in [-0.2, -0.15) is 0 Å². The Morgan fingerprint density at radius 3 is 1.97 bits per heavy atom. The van der Waals surface area contributed by atoms with Crippen molar-refractivity contribution in [3.05, 3.63) is 66.2 Å². The molecule has 1 spiro atoms. The maximum absolute atomic E-state index is 12.8. The summed E-state index contributed by atoms with van der Waals surface area (Å²) in [5, 5.41) is 1.82. The first-order chi connectivity index (χ1) is 14.1. The highest BCUT2D eigenvalue weighted by atomic mass is 16.7. The van der Waals surface area contributed by atoms with Gasteiger partial charge in [0.1, 0.15) is 0 Å². The molecule has 29 heavy (non-hydrogen) atoms. The van der Waals surface area contributed by atoms with Gasteiger partial charge in [0.05, 0.1) is 48.8 Å². The Balaban J connectivity index is 1.79. The summed E-state index contributed by atoms with van der Waals surface area (Å²) in [5.41, 5.74) is 1.13. The van der Waals surface area contributed by atoms with Crippen LogP contribution in [0.3, 0.4) is 0 Å². The minimum Gasteiger partial charge on any atom is -0.466 e. The number of anilines is 1. The molecule has 4 rings (SSSR count). The zero-order valence-corrected chi connectivity index (χ0v) is 16.6. The van der Waals surface area contributed by atoms with Gasteiger partial charge in [0.2, 0.25) is 0 Å². The summed E-state index contributed by atoms with van der Waals surface area (Å²) in [6.07, 6.45) is 0. The van der Waals surface area contributed by atoms with Gasteiger partial charge in [0.25, 0.3) is 0 Å². The van der Waals surface area contributed by atoms with E-state index in [0.29, 0.717) is 0 Å². The summed E-state index contributed by atoms with van der Waals surface area (Å²) >= 11 is 0. The second kappa shape index (κ2) is 7.87. The highest BCUT2D eigenvalue weighted by molar-refractivity contribution is 5.91. The standard InChI is InChI=1S/C23H25NO5/c1-3-27-21(25)18-19(22(26)28-4-2)23(18)15-29-24(17-13-9-6-10-14-17)20(23)16-11-7-5-8-12-16/h5-14,18-20H,3-4,15H2,1-2H3/t18-,19-,20-/m0/s1. The summed E-state index contributed by atoms with van der Waals surface area (Å²) in [5.74, 6) is -1.93. The molecule has 0 aromatic heterocycles. The second-order valence-corrected chi connectivity index (χ2v) is 7.32. The SMILES string of the molecule is CCOC(=O)[C@@H]1[C@@H](C(=O)OCC)C12CON(c1ccccc1)[C@H]2c1ccccc1. The Hall–Kier alpha value is -2.86. The number of carbonyl (C=O) groups excluding carboxylic acids is 2. The number of hydroxylamine groups is 1. The van der Waals surface area contributed by atoms with Crippen LogP contribution < -0.4 is 5.06 Å². The third kappa shape index (κ3) is 3.17. The van der Waals surface area contributed by atoms with Crippen molar-refractivity contribution >= 4 is 17.6 Å². The molecule has 1 saturated heterocycles. The molecular formula is C23H25NO5. The van der Waals surface area contributed by atoms with Crippen LogP contribution in [0, 0.1) is 17.3 Å². The van der Waals surface area contributed by atoms with Gasteiger partial charge in [-0.15, -0.1) is 0 Å². The van der Waals surface area contributed by atoms with Gasteiger partial charge in [-0.3, -0.25) is 14.4 Å². The molecule has 1 aliphatic heterocycles. The average Bonchev–Trinajstić information content (AvgIpc) is 3.25. The molecule has 0 amide bonds. The molecule has 2 aromatic rings. The van der Waals surface area contributed by atoms with E-state index in [1.807, 2.05) is 65.7 Å². The van der Waals surface area contributed by atoms with E-state index >= 15 is 0 Å². The molecule has 2 fully saturated rings.